The first-order chi connectivity index (χ1) is 16.7. The van der Waals surface area contributed by atoms with Crippen LogP contribution in [0.15, 0.2) is 52.1 Å². The molecule has 2 heterocycles. The van der Waals surface area contributed by atoms with E-state index in [0.717, 1.165) is 31.5 Å². The summed E-state index contributed by atoms with van der Waals surface area (Å²) in [6.07, 6.45) is 0. The molecule has 1 fully saturated rings. The number of hydrogen-bond donors (Lipinski definition) is 0. The first-order valence-corrected chi connectivity index (χ1v) is 11.6. The molecule has 182 valence electrons. The van der Waals surface area contributed by atoms with Crippen LogP contribution < -0.4 is 11.2 Å². The van der Waals surface area contributed by atoms with Gasteiger partial charge in [-0.3, -0.25) is 19.0 Å². The van der Waals surface area contributed by atoms with E-state index < -0.39 is 17.2 Å². The molecule has 0 unspecified atom stereocenters. The molecule has 0 spiro atoms. The SMILES string of the molecule is CC(=O)N1CCN(C(=O)c2nn(-c3ccc(C)c(C)c3)c(=O)n(Cc3cccc(C)c3)c2=O)CC1. The number of amides is 2. The Morgan fingerprint density at radius 2 is 1.57 bits per heavy atom. The normalized spacial score (nSPS) is 13.7. The predicted molar refractivity (Wildman–Crippen MR) is 132 cm³/mol. The lowest BCUT2D eigenvalue weighted by molar-refractivity contribution is -0.130. The maximum absolute atomic E-state index is 13.4. The van der Waals surface area contributed by atoms with Crippen LogP contribution in [0, 0.1) is 20.8 Å². The molecule has 0 bridgehead atoms. The maximum Gasteiger partial charge on any atom is 0.352 e. The fourth-order valence-corrected chi connectivity index (χ4v) is 4.18. The van der Waals surface area contributed by atoms with Crippen LogP contribution in [0.3, 0.4) is 0 Å². The van der Waals surface area contributed by atoms with Gasteiger partial charge in [0, 0.05) is 33.1 Å². The molecule has 35 heavy (non-hydrogen) atoms. The van der Waals surface area contributed by atoms with Crippen molar-refractivity contribution in [3.63, 3.8) is 0 Å². The Balaban J connectivity index is 1.81. The molecule has 0 saturated carbocycles. The number of nitrogens with zero attached hydrogens (tertiary/aromatic N) is 5. The van der Waals surface area contributed by atoms with E-state index in [1.807, 2.05) is 57.2 Å². The monoisotopic (exact) mass is 475 g/mol. The van der Waals surface area contributed by atoms with E-state index >= 15 is 0 Å². The lowest BCUT2D eigenvalue weighted by Gasteiger charge is -2.33. The van der Waals surface area contributed by atoms with Crippen LogP contribution in [0.5, 0.6) is 0 Å². The van der Waals surface area contributed by atoms with Gasteiger partial charge in [0.25, 0.3) is 11.5 Å². The Bertz CT molecular complexity index is 1410. The van der Waals surface area contributed by atoms with E-state index in [1.165, 1.54) is 11.8 Å². The van der Waals surface area contributed by atoms with Gasteiger partial charge in [-0.15, -0.1) is 0 Å². The number of piperazine rings is 1. The van der Waals surface area contributed by atoms with Gasteiger partial charge >= 0.3 is 5.69 Å². The van der Waals surface area contributed by atoms with Gasteiger partial charge in [-0.2, -0.15) is 9.78 Å². The lowest BCUT2D eigenvalue weighted by Crippen LogP contribution is -2.52. The lowest BCUT2D eigenvalue weighted by atomic mass is 10.1. The van der Waals surface area contributed by atoms with Crippen LogP contribution in [0.25, 0.3) is 5.69 Å². The largest absolute Gasteiger partial charge is 0.352 e. The first-order valence-electron chi connectivity index (χ1n) is 11.6. The third kappa shape index (κ3) is 4.94. The fourth-order valence-electron chi connectivity index (χ4n) is 4.18. The van der Waals surface area contributed by atoms with Gasteiger partial charge in [0.15, 0.2) is 0 Å². The van der Waals surface area contributed by atoms with Crippen molar-refractivity contribution in [3.8, 4) is 5.69 Å². The van der Waals surface area contributed by atoms with E-state index in [2.05, 4.69) is 5.10 Å². The number of hydrogen-bond acceptors (Lipinski definition) is 5. The van der Waals surface area contributed by atoms with Crippen molar-refractivity contribution in [1.82, 2.24) is 24.1 Å². The number of benzene rings is 2. The van der Waals surface area contributed by atoms with Crippen LogP contribution in [-0.4, -0.2) is 62.1 Å². The zero-order chi connectivity index (χ0) is 25.3. The molecule has 9 nitrogen and oxygen atoms in total. The maximum atomic E-state index is 13.4. The molecule has 2 amide bonds. The molecule has 0 atom stereocenters. The van der Waals surface area contributed by atoms with Crippen LogP contribution in [0.2, 0.25) is 0 Å². The summed E-state index contributed by atoms with van der Waals surface area (Å²) in [6, 6.07) is 13.0. The molecule has 3 aromatic rings. The highest BCUT2D eigenvalue weighted by atomic mass is 16.2. The van der Waals surface area contributed by atoms with Crippen LogP contribution in [-0.2, 0) is 11.3 Å². The van der Waals surface area contributed by atoms with Crippen LogP contribution in [0.4, 0.5) is 0 Å². The summed E-state index contributed by atoms with van der Waals surface area (Å²) in [5.74, 6) is -0.604. The average Bonchev–Trinajstić information content (AvgIpc) is 2.83. The van der Waals surface area contributed by atoms with Crippen molar-refractivity contribution in [2.75, 3.05) is 26.2 Å². The van der Waals surface area contributed by atoms with E-state index in [1.54, 1.807) is 11.0 Å². The Morgan fingerprint density at radius 1 is 0.886 bits per heavy atom. The van der Waals surface area contributed by atoms with Crippen molar-refractivity contribution in [3.05, 3.63) is 91.3 Å². The summed E-state index contributed by atoms with van der Waals surface area (Å²) in [5.41, 5.74) is 2.61. The third-order valence-corrected chi connectivity index (χ3v) is 6.43. The summed E-state index contributed by atoms with van der Waals surface area (Å²) in [7, 11) is 0. The smallest absolute Gasteiger partial charge is 0.339 e. The van der Waals surface area contributed by atoms with Gasteiger partial charge in [0.1, 0.15) is 0 Å². The number of aromatic nitrogens is 3. The van der Waals surface area contributed by atoms with Crippen LogP contribution in [0.1, 0.15) is 39.7 Å². The molecule has 0 aliphatic carbocycles. The zero-order valence-electron chi connectivity index (χ0n) is 20.4. The first kappa shape index (κ1) is 24.1. The third-order valence-electron chi connectivity index (χ3n) is 6.43. The second kappa shape index (κ2) is 9.69. The second-order valence-electron chi connectivity index (χ2n) is 8.99. The highest BCUT2D eigenvalue weighted by Gasteiger charge is 2.28. The number of rotatable bonds is 4. The number of carbonyl (C=O) groups excluding carboxylic acids is 2. The Hall–Kier alpha value is -4.01. The Kier molecular flexibility index (Phi) is 6.68. The van der Waals surface area contributed by atoms with Gasteiger partial charge in [-0.05, 0) is 49.6 Å². The summed E-state index contributed by atoms with van der Waals surface area (Å²) in [6.45, 7) is 8.68. The minimum atomic E-state index is -0.726. The van der Waals surface area contributed by atoms with Crippen LogP contribution >= 0.6 is 0 Å². The highest BCUT2D eigenvalue weighted by Crippen LogP contribution is 2.13. The molecule has 0 N–H and O–H groups in total. The summed E-state index contributed by atoms with van der Waals surface area (Å²) < 4.78 is 2.19. The van der Waals surface area contributed by atoms with E-state index in [4.69, 9.17) is 0 Å². The Labute approximate surface area is 203 Å². The van der Waals surface area contributed by atoms with Crippen molar-refractivity contribution in [1.29, 1.82) is 0 Å². The topological polar surface area (TPSA) is 97.5 Å². The molecular formula is C26H29N5O4. The van der Waals surface area contributed by atoms with Gasteiger partial charge < -0.3 is 9.80 Å². The van der Waals surface area contributed by atoms with Crippen molar-refractivity contribution < 1.29 is 9.59 Å². The highest BCUT2D eigenvalue weighted by molar-refractivity contribution is 5.92. The quantitative estimate of drug-likeness (QED) is 0.572. The molecule has 2 aromatic carbocycles. The Morgan fingerprint density at radius 3 is 2.20 bits per heavy atom. The molecule has 4 rings (SSSR count). The van der Waals surface area contributed by atoms with Gasteiger partial charge in [-0.1, -0.05) is 35.9 Å². The minimum Gasteiger partial charge on any atom is -0.339 e. The zero-order valence-corrected chi connectivity index (χ0v) is 20.4. The molecule has 1 aliphatic heterocycles. The molecule has 1 aromatic heterocycles. The van der Waals surface area contributed by atoms with Gasteiger partial charge in [-0.25, -0.2) is 4.79 Å². The minimum absolute atomic E-state index is 0.0190. The fraction of sp³-hybridized carbons (Fsp3) is 0.346. The number of carbonyl (C=O) groups is 2. The molecular weight excluding hydrogens is 446 g/mol. The van der Waals surface area contributed by atoms with Crippen molar-refractivity contribution in [2.24, 2.45) is 0 Å². The molecule has 1 aliphatic rings. The molecule has 0 radical (unpaired) electrons. The summed E-state index contributed by atoms with van der Waals surface area (Å²) >= 11 is 0. The van der Waals surface area contributed by atoms with E-state index in [-0.39, 0.29) is 18.1 Å². The second-order valence-corrected chi connectivity index (χ2v) is 8.99. The predicted octanol–water partition coefficient (Wildman–Crippen LogP) is 1.67. The van der Waals surface area contributed by atoms with Gasteiger partial charge in [0.2, 0.25) is 11.6 Å². The van der Waals surface area contributed by atoms with Gasteiger partial charge in [0.05, 0.1) is 12.2 Å². The molecule has 9 heteroatoms. The molecule has 1 saturated heterocycles. The standard InChI is InChI=1S/C26H29N5O4/c1-17-6-5-7-21(14-17)16-30-25(34)23(24(33)29-12-10-28(11-13-29)20(4)32)27-31(26(30)35)22-9-8-18(2)19(3)15-22/h5-9,14-15H,10-13,16H2,1-4H3. The average molecular weight is 476 g/mol. The van der Waals surface area contributed by atoms with Crippen molar-refractivity contribution in [2.45, 2.75) is 34.2 Å². The number of aryl methyl sites for hydroxylation is 3. The van der Waals surface area contributed by atoms with E-state index in [0.29, 0.717) is 31.9 Å². The summed E-state index contributed by atoms with van der Waals surface area (Å²) in [5, 5.41) is 4.26. The van der Waals surface area contributed by atoms with E-state index in [9.17, 15) is 19.2 Å². The summed E-state index contributed by atoms with van der Waals surface area (Å²) in [4.78, 5) is 55.1. The van der Waals surface area contributed by atoms with Crippen molar-refractivity contribution >= 4 is 11.8 Å².